The summed E-state index contributed by atoms with van der Waals surface area (Å²) in [7, 11) is 0. The number of carbonyl (C=O) groups is 1. The van der Waals surface area contributed by atoms with Crippen LogP contribution in [0.3, 0.4) is 0 Å². The van der Waals surface area contributed by atoms with Crippen LogP contribution in [0.5, 0.6) is 5.75 Å². The highest BCUT2D eigenvalue weighted by molar-refractivity contribution is 5.93. The maximum atomic E-state index is 13.1. The minimum absolute atomic E-state index is 0.172. The van der Waals surface area contributed by atoms with Crippen LogP contribution in [0.15, 0.2) is 36.4 Å². The monoisotopic (exact) mass is 453 g/mol. The SMILES string of the molecule is O=C(COc1ccc([N+](=O)[O-])cc1C(F)(F)F)Nc1ccc([N+](=O)[O-])cc1C(F)(F)F. The number of rotatable bonds is 6. The number of hydrogen-bond donors (Lipinski definition) is 1. The summed E-state index contributed by atoms with van der Waals surface area (Å²) >= 11 is 0. The van der Waals surface area contributed by atoms with Gasteiger partial charge in [0.1, 0.15) is 11.3 Å². The van der Waals surface area contributed by atoms with Crippen LogP contribution in [0.25, 0.3) is 0 Å². The maximum Gasteiger partial charge on any atom is 0.420 e. The molecule has 166 valence electrons. The van der Waals surface area contributed by atoms with Crippen molar-refractivity contribution in [3.05, 3.63) is 67.8 Å². The average molecular weight is 453 g/mol. The Bertz CT molecular complexity index is 1040. The molecule has 31 heavy (non-hydrogen) atoms. The third-order valence-corrected chi connectivity index (χ3v) is 3.63. The Morgan fingerprint density at radius 3 is 1.84 bits per heavy atom. The van der Waals surface area contributed by atoms with Crippen LogP contribution < -0.4 is 10.1 Å². The van der Waals surface area contributed by atoms with Gasteiger partial charge in [0.15, 0.2) is 6.61 Å². The van der Waals surface area contributed by atoms with Gasteiger partial charge in [0, 0.05) is 24.3 Å². The summed E-state index contributed by atoms with van der Waals surface area (Å²) in [6, 6.07) is 2.90. The Balaban J connectivity index is 2.23. The average Bonchev–Trinajstić information content (AvgIpc) is 2.64. The molecule has 2 rings (SSSR count). The summed E-state index contributed by atoms with van der Waals surface area (Å²) in [5.41, 5.74) is -5.80. The van der Waals surface area contributed by atoms with Crippen LogP contribution in [0.2, 0.25) is 0 Å². The number of amides is 1. The van der Waals surface area contributed by atoms with Crippen LogP contribution in [0, 0.1) is 20.2 Å². The summed E-state index contributed by atoms with van der Waals surface area (Å²) in [6.45, 7) is -1.19. The van der Waals surface area contributed by atoms with Gasteiger partial charge in [-0.15, -0.1) is 0 Å². The number of nitro benzene ring substituents is 2. The molecule has 1 N–H and O–H groups in total. The van der Waals surface area contributed by atoms with Gasteiger partial charge < -0.3 is 10.1 Å². The Kier molecular flexibility index (Phi) is 6.37. The van der Waals surface area contributed by atoms with Crippen LogP contribution in [-0.2, 0) is 17.1 Å². The van der Waals surface area contributed by atoms with Gasteiger partial charge in [0.2, 0.25) is 0 Å². The molecule has 0 unspecified atom stereocenters. The largest absolute Gasteiger partial charge is 0.483 e. The number of halogens is 6. The van der Waals surface area contributed by atoms with Crippen molar-refractivity contribution in [2.75, 3.05) is 11.9 Å². The van der Waals surface area contributed by atoms with Gasteiger partial charge in [-0.3, -0.25) is 25.0 Å². The van der Waals surface area contributed by atoms with E-state index in [1.807, 2.05) is 0 Å². The summed E-state index contributed by atoms with van der Waals surface area (Å²) < 4.78 is 83.2. The summed E-state index contributed by atoms with van der Waals surface area (Å²) in [5.74, 6) is -2.28. The zero-order valence-electron chi connectivity index (χ0n) is 14.8. The second kappa shape index (κ2) is 8.45. The topological polar surface area (TPSA) is 125 Å². The van der Waals surface area contributed by atoms with Crippen LogP contribution in [-0.4, -0.2) is 22.4 Å². The number of benzene rings is 2. The van der Waals surface area contributed by atoms with E-state index in [1.54, 1.807) is 5.32 Å². The Morgan fingerprint density at radius 2 is 1.35 bits per heavy atom. The minimum Gasteiger partial charge on any atom is -0.483 e. The molecule has 0 bridgehead atoms. The number of nitrogens with zero attached hydrogens (tertiary/aromatic N) is 2. The standard InChI is InChI=1S/C16H9F6N3O6/c17-15(18,19)10-5-8(24(27)28)1-3-12(10)23-14(26)7-31-13-4-2-9(25(29)30)6-11(13)16(20,21)22/h1-6H,7H2,(H,23,26). The van der Waals surface area contributed by atoms with Crippen molar-refractivity contribution in [2.24, 2.45) is 0 Å². The molecule has 9 nitrogen and oxygen atoms in total. The molecule has 0 radical (unpaired) electrons. The smallest absolute Gasteiger partial charge is 0.420 e. The van der Waals surface area contributed by atoms with Gasteiger partial charge >= 0.3 is 12.4 Å². The van der Waals surface area contributed by atoms with E-state index in [0.29, 0.717) is 24.3 Å². The van der Waals surface area contributed by atoms with E-state index in [2.05, 4.69) is 4.74 Å². The first-order valence-corrected chi connectivity index (χ1v) is 7.84. The first-order valence-electron chi connectivity index (χ1n) is 7.84. The number of hydrogen-bond acceptors (Lipinski definition) is 6. The molecule has 0 heterocycles. The van der Waals surface area contributed by atoms with E-state index in [4.69, 9.17) is 0 Å². The molecule has 0 aliphatic carbocycles. The van der Waals surface area contributed by atoms with Crippen LogP contribution >= 0.6 is 0 Å². The molecule has 15 heteroatoms. The van der Waals surface area contributed by atoms with Gasteiger partial charge in [0.25, 0.3) is 17.3 Å². The molecule has 2 aromatic carbocycles. The third-order valence-electron chi connectivity index (χ3n) is 3.63. The van der Waals surface area contributed by atoms with Gasteiger partial charge in [-0.1, -0.05) is 0 Å². The predicted molar refractivity (Wildman–Crippen MR) is 90.3 cm³/mol. The van der Waals surface area contributed by atoms with E-state index in [9.17, 15) is 51.4 Å². The van der Waals surface area contributed by atoms with Crippen molar-refractivity contribution in [1.29, 1.82) is 0 Å². The number of nitro groups is 2. The fourth-order valence-corrected chi connectivity index (χ4v) is 2.30. The molecule has 0 fully saturated rings. The van der Waals surface area contributed by atoms with E-state index in [0.717, 1.165) is 0 Å². The number of non-ortho nitro benzene ring substituents is 2. The van der Waals surface area contributed by atoms with Crippen LogP contribution in [0.4, 0.5) is 43.4 Å². The summed E-state index contributed by atoms with van der Waals surface area (Å²) in [5, 5.41) is 23.0. The molecule has 0 spiro atoms. The molecule has 2 aromatic rings. The van der Waals surface area contributed by atoms with Crippen molar-refractivity contribution in [3.8, 4) is 5.75 Å². The Hall–Kier alpha value is -3.91. The number of nitrogens with one attached hydrogen (secondary N) is 1. The van der Waals surface area contributed by atoms with Crippen molar-refractivity contribution in [1.82, 2.24) is 0 Å². The highest BCUT2D eigenvalue weighted by Crippen LogP contribution is 2.39. The number of alkyl halides is 6. The molecule has 0 aliphatic heterocycles. The maximum absolute atomic E-state index is 13.1. The number of ether oxygens (including phenoxy) is 1. The van der Waals surface area contributed by atoms with E-state index in [1.165, 1.54) is 0 Å². The first kappa shape index (κ1) is 23.4. The molecule has 0 atom stereocenters. The Morgan fingerprint density at radius 1 is 0.871 bits per heavy atom. The Labute approximate surface area is 167 Å². The lowest BCUT2D eigenvalue weighted by atomic mass is 10.1. The quantitative estimate of drug-likeness (QED) is 0.389. The highest BCUT2D eigenvalue weighted by atomic mass is 19.4. The summed E-state index contributed by atoms with van der Waals surface area (Å²) in [4.78, 5) is 31.0. The molecule has 0 aliphatic rings. The zero-order chi connectivity index (χ0) is 23.6. The van der Waals surface area contributed by atoms with E-state index < -0.39 is 68.7 Å². The van der Waals surface area contributed by atoms with E-state index in [-0.39, 0.29) is 12.1 Å². The van der Waals surface area contributed by atoms with Crippen molar-refractivity contribution in [3.63, 3.8) is 0 Å². The zero-order valence-corrected chi connectivity index (χ0v) is 14.8. The molecule has 1 amide bonds. The van der Waals surface area contributed by atoms with Crippen molar-refractivity contribution in [2.45, 2.75) is 12.4 Å². The van der Waals surface area contributed by atoms with Gasteiger partial charge in [-0.2, -0.15) is 26.3 Å². The molecule has 0 saturated carbocycles. The lowest BCUT2D eigenvalue weighted by Crippen LogP contribution is -2.23. The normalized spacial score (nSPS) is 11.7. The summed E-state index contributed by atoms with van der Waals surface area (Å²) in [6.07, 6.45) is -10.2. The van der Waals surface area contributed by atoms with E-state index >= 15 is 0 Å². The molecule has 0 aromatic heterocycles. The second-order valence-electron chi connectivity index (χ2n) is 5.76. The number of carbonyl (C=O) groups excluding carboxylic acids is 1. The van der Waals surface area contributed by atoms with Gasteiger partial charge in [0.05, 0.1) is 21.1 Å². The molecular weight excluding hydrogens is 444 g/mol. The first-order chi connectivity index (χ1) is 14.2. The lowest BCUT2D eigenvalue weighted by Gasteiger charge is -2.15. The second-order valence-corrected chi connectivity index (χ2v) is 5.76. The van der Waals surface area contributed by atoms with Crippen molar-refractivity contribution < 1.29 is 45.7 Å². The molecular formula is C16H9F6N3O6. The predicted octanol–water partition coefficient (Wildman–Crippen LogP) is 4.56. The van der Waals surface area contributed by atoms with Crippen LogP contribution in [0.1, 0.15) is 11.1 Å². The van der Waals surface area contributed by atoms with Gasteiger partial charge in [-0.25, -0.2) is 0 Å². The molecule has 0 saturated heterocycles. The fraction of sp³-hybridized carbons (Fsp3) is 0.188. The number of anilines is 1. The van der Waals surface area contributed by atoms with Gasteiger partial charge in [-0.05, 0) is 12.1 Å². The van der Waals surface area contributed by atoms with Crippen molar-refractivity contribution >= 4 is 23.0 Å². The third kappa shape index (κ3) is 5.80. The minimum atomic E-state index is -5.09. The highest BCUT2D eigenvalue weighted by Gasteiger charge is 2.37. The fourth-order valence-electron chi connectivity index (χ4n) is 2.30. The lowest BCUT2D eigenvalue weighted by molar-refractivity contribution is -0.385.